The van der Waals surface area contributed by atoms with Crippen LogP contribution in [0.3, 0.4) is 0 Å². The van der Waals surface area contributed by atoms with Crippen LogP contribution in [0.25, 0.3) is 0 Å². The molecule has 0 spiro atoms. The zero-order valence-corrected chi connectivity index (χ0v) is 17.9. The molecule has 1 heterocycles. The number of nitriles is 1. The maximum atomic E-state index is 13.0. The van der Waals surface area contributed by atoms with Crippen LogP contribution in [0.2, 0.25) is 5.02 Å². The van der Waals surface area contributed by atoms with Gasteiger partial charge in [0, 0.05) is 38.4 Å². The number of nitrogens with one attached hydrogen (secondary N) is 1. The lowest BCUT2D eigenvalue weighted by Gasteiger charge is -2.34. The van der Waals surface area contributed by atoms with E-state index in [0.29, 0.717) is 31.0 Å². The number of amides is 1. The second-order valence-corrected chi connectivity index (χ2v) is 7.75. The van der Waals surface area contributed by atoms with E-state index in [1.807, 2.05) is 4.90 Å². The number of benzene rings is 2. The van der Waals surface area contributed by atoms with Gasteiger partial charge in [-0.25, -0.2) is 0 Å². The standard InChI is InChI=1S/C22H22ClF3N4O2/c23-20-6-3-17(13-19(20)22(24,25)26)28-21(31)15-30-9-7-29(8-10-30)11-12-32-18-4-1-16(14-27)2-5-18/h1-6,13H,7-12,15H2,(H,28,31). The maximum absolute atomic E-state index is 13.0. The topological polar surface area (TPSA) is 68.6 Å². The lowest BCUT2D eigenvalue weighted by Crippen LogP contribution is -2.49. The van der Waals surface area contributed by atoms with Gasteiger partial charge in [-0.2, -0.15) is 18.4 Å². The normalized spacial score (nSPS) is 15.2. The molecule has 0 bridgehead atoms. The predicted octanol–water partition coefficient (Wildman–Crippen LogP) is 3.87. The summed E-state index contributed by atoms with van der Waals surface area (Å²) in [4.78, 5) is 16.4. The van der Waals surface area contributed by atoms with Crippen LogP contribution in [0, 0.1) is 11.3 Å². The van der Waals surface area contributed by atoms with Gasteiger partial charge in [0.25, 0.3) is 0 Å². The first-order chi connectivity index (χ1) is 15.2. The van der Waals surface area contributed by atoms with Crippen molar-refractivity contribution in [3.05, 3.63) is 58.6 Å². The van der Waals surface area contributed by atoms with Crippen LogP contribution >= 0.6 is 11.6 Å². The molecule has 0 radical (unpaired) electrons. The number of carbonyl (C=O) groups excluding carboxylic acids is 1. The van der Waals surface area contributed by atoms with Crippen LogP contribution in [0.1, 0.15) is 11.1 Å². The molecule has 1 N–H and O–H groups in total. The van der Waals surface area contributed by atoms with Gasteiger partial charge in [0.15, 0.2) is 0 Å². The second-order valence-electron chi connectivity index (χ2n) is 7.34. The summed E-state index contributed by atoms with van der Waals surface area (Å²) in [5.74, 6) is 0.327. The molecule has 1 amide bonds. The molecular weight excluding hydrogens is 445 g/mol. The SMILES string of the molecule is N#Cc1ccc(OCCN2CCN(CC(=O)Nc3ccc(Cl)c(C(F)(F)F)c3)CC2)cc1. The van der Waals surface area contributed by atoms with E-state index in [4.69, 9.17) is 21.6 Å². The first kappa shape index (κ1) is 23.9. The molecule has 2 aromatic rings. The summed E-state index contributed by atoms with van der Waals surface area (Å²) in [6.07, 6.45) is -4.59. The van der Waals surface area contributed by atoms with Crippen molar-refractivity contribution in [2.24, 2.45) is 0 Å². The fourth-order valence-electron chi connectivity index (χ4n) is 3.31. The monoisotopic (exact) mass is 466 g/mol. The number of nitrogens with zero attached hydrogens (tertiary/aromatic N) is 3. The highest BCUT2D eigenvalue weighted by Crippen LogP contribution is 2.36. The molecule has 0 atom stereocenters. The van der Waals surface area contributed by atoms with Crippen LogP contribution in [-0.4, -0.2) is 61.6 Å². The molecule has 1 aliphatic heterocycles. The number of hydrogen-bond donors (Lipinski definition) is 1. The van der Waals surface area contributed by atoms with E-state index in [-0.39, 0.29) is 18.1 Å². The molecular formula is C22H22ClF3N4O2. The third-order valence-corrected chi connectivity index (χ3v) is 5.38. The Kier molecular flexibility index (Phi) is 7.96. The smallest absolute Gasteiger partial charge is 0.417 e. The highest BCUT2D eigenvalue weighted by Gasteiger charge is 2.33. The number of hydrogen-bond acceptors (Lipinski definition) is 5. The second kappa shape index (κ2) is 10.7. The average molecular weight is 467 g/mol. The first-order valence-electron chi connectivity index (χ1n) is 9.99. The van der Waals surface area contributed by atoms with Crippen molar-refractivity contribution in [3.8, 4) is 11.8 Å². The molecule has 0 aliphatic carbocycles. The Morgan fingerprint density at radius 1 is 1.09 bits per heavy atom. The number of alkyl halides is 3. The Balaban J connectivity index is 1.39. The van der Waals surface area contributed by atoms with Crippen LogP contribution in [0.4, 0.5) is 18.9 Å². The van der Waals surface area contributed by atoms with Gasteiger partial charge in [-0.3, -0.25) is 14.6 Å². The van der Waals surface area contributed by atoms with E-state index < -0.39 is 16.8 Å². The Bertz CT molecular complexity index is 969. The maximum Gasteiger partial charge on any atom is 0.417 e. The molecule has 1 aliphatic rings. The minimum Gasteiger partial charge on any atom is -0.492 e. The summed E-state index contributed by atoms with van der Waals surface area (Å²) in [7, 11) is 0. The van der Waals surface area contributed by atoms with Crippen molar-refractivity contribution in [2.45, 2.75) is 6.18 Å². The predicted molar refractivity (Wildman–Crippen MR) is 115 cm³/mol. The molecule has 2 aromatic carbocycles. The fourth-order valence-corrected chi connectivity index (χ4v) is 3.54. The molecule has 1 saturated heterocycles. The average Bonchev–Trinajstić information content (AvgIpc) is 2.76. The van der Waals surface area contributed by atoms with E-state index >= 15 is 0 Å². The first-order valence-corrected chi connectivity index (χ1v) is 10.4. The highest BCUT2D eigenvalue weighted by atomic mass is 35.5. The Morgan fingerprint density at radius 3 is 2.38 bits per heavy atom. The summed E-state index contributed by atoms with van der Waals surface area (Å²) in [5, 5.41) is 10.9. The molecule has 0 saturated carbocycles. The summed E-state index contributed by atoms with van der Waals surface area (Å²) in [6, 6.07) is 12.3. The summed E-state index contributed by atoms with van der Waals surface area (Å²) in [6.45, 7) is 4.17. The highest BCUT2D eigenvalue weighted by molar-refractivity contribution is 6.31. The largest absolute Gasteiger partial charge is 0.492 e. The van der Waals surface area contributed by atoms with Gasteiger partial charge in [-0.15, -0.1) is 0 Å². The quantitative estimate of drug-likeness (QED) is 0.671. The van der Waals surface area contributed by atoms with Crippen molar-refractivity contribution in [1.82, 2.24) is 9.80 Å². The van der Waals surface area contributed by atoms with Gasteiger partial charge >= 0.3 is 6.18 Å². The molecule has 32 heavy (non-hydrogen) atoms. The number of piperazine rings is 1. The lowest BCUT2D eigenvalue weighted by atomic mass is 10.2. The minimum atomic E-state index is -4.59. The third kappa shape index (κ3) is 6.85. The van der Waals surface area contributed by atoms with Crippen LogP contribution < -0.4 is 10.1 Å². The van der Waals surface area contributed by atoms with Crippen molar-refractivity contribution >= 4 is 23.2 Å². The van der Waals surface area contributed by atoms with E-state index in [9.17, 15) is 18.0 Å². The zero-order valence-electron chi connectivity index (χ0n) is 17.2. The van der Waals surface area contributed by atoms with Crippen molar-refractivity contribution in [1.29, 1.82) is 5.26 Å². The van der Waals surface area contributed by atoms with Crippen molar-refractivity contribution in [2.75, 3.05) is 51.2 Å². The Labute approximate surface area is 189 Å². The van der Waals surface area contributed by atoms with Crippen molar-refractivity contribution < 1.29 is 22.7 Å². The van der Waals surface area contributed by atoms with Gasteiger partial charge < -0.3 is 10.1 Å². The lowest BCUT2D eigenvalue weighted by molar-refractivity contribution is -0.137. The van der Waals surface area contributed by atoms with Gasteiger partial charge in [0.1, 0.15) is 12.4 Å². The van der Waals surface area contributed by atoms with Gasteiger partial charge in [0.2, 0.25) is 5.91 Å². The Morgan fingerprint density at radius 2 is 1.75 bits per heavy atom. The number of anilines is 1. The summed E-state index contributed by atoms with van der Waals surface area (Å²) in [5.41, 5.74) is -0.339. The molecule has 1 fully saturated rings. The van der Waals surface area contributed by atoms with Gasteiger partial charge in [-0.1, -0.05) is 11.6 Å². The summed E-state index contributed by atoms with van der Waals surface area (Å²) < 4.78 is 44.6. The molecule has 170 valence electrons. The minimum absolute atomic E-state index is 0.0605. The number of rotatable bonds is 7. The van der Waals surface area contributed by atoms with E-state index in [1.165, 1.54) is 6.07 Å². The molecule has 0 aromatic heterocycles. The number of ether oxygens (including phenoxy) is 1. The molecule has 6 nitrogen and oxygen atoms in total. The van der Waals surface area contributed by atoms with Crippen LogP contribution in [-0.2, 0) is 11.0 Å². The molecule has 0 unspecified atom stereocenters. The molecule has 10 heteroatoms. The van der Waals surface area contributed by atoms with Gasteiger partial charge in [-0.05, 0) is 42.5 Å². The van der Waals surface area contributed by atoms with Crippen molar-refractivity contribution in [3.63, 3.8) is 0 Å². The van der Waals surface area contributed by atoms with Crippen LogP contribution in [0.5, 0.6) is 5.75 Å². The van der Waals surface area contributed by atoms with Gasteiger partial charge in [0.05, 0.1) is 28.8 Å². The van der Waals surface area contributed by atoms with Crippen LogP contribution in [0.15, 0.2) is 42.5 Å². The Hall–Kier alpha value is -2.80. The van der Waals surface area contributed by atoms with E-state index in [0.717, 1.165) is 31.8 Å². The van der Waals surface area contributed by atoms with E-state index in [2.05, 4.69) is 16.3 Å². The molecule has 3 rings (SSSR count). The number of halogens is 4. The fraction of sp³-hybridized carbons (Fsp3) is 0.364. The number of carbonyl (C=O) groups is 1. The summed E-state index contributed by atoms with van der Waals surface area (Å²) >= 11 is 5.60. The zero-order chi connectivity index (χ0) is 23.1. The third-order valence-electron chi connectivity index (χ3n) is 5.05. The van der Waals surface area contributed by atoms with E-state index in [1.54, 1.807) is 24.3 Å².